The molecule has 2 aromatic carbocycles. The molecule has 8 heteroatoms. The number of amides is 2. The Morgan fingerprint density at radius 2 is 1.78 bits per heavy atom. The Kier molecular flexibility index (Phi) is 5.67. The Balaban J connectivity index is 1.81. The molecule has 1 N–H and O–H groups in total. The number of halogens is 1. The van der Waals surface area contributed by atoms with Crippen molar-refractivity contribution in [1.82, 2.24) is 19.7 Å². The van der Waals surface area contributed by atoms with Crippen molar-refractivity contribution < 1.29 is 9.59 Å². The maximum Gasteiger partial charge on any atom is 0.256 e. The van der Waals surface area contributed by atoms with Crippen molar-refractivity contribution in [1.29, 1.82) is 0 Å². The predicted octanol–water partition coefficient (Wildman–Crippen LogP) is 4.55. The van der Waals surface area contributed by atoms with E-state index in [0.29, 0.717) is 44.3 Å². The highest BCUT2D eigenvalue weighted by Gasteiger charge is 2.20. The Morgan fingerprint density at radius 1 is 1.06 bits per heavy atom. The van der Waals surface area contributed by atoms with Crippen molar-refractivity contribution in [2.45, 2.75) is 6.92 Å². The molecule has 7 nitrogen and oxygen atoms in total. The predicted molar refractivity (Wildman–Crippen MR) is 126 cm³/mol. The number of nitrogens with one attached hydrogen (secondary N) is 1. The first-order valence-corrected chi connectivity index (χ1v) is 10.4. The van der Waals surface area contributed by atoms with Gasteiger partial charge < -0.3 is 10.2 Å². The van der Waals surface area contributed by atoms with Crippen molar-refractivity contribution in [3.05, 3.63) is 76.4 Å². The topological polar surface area (TPSA) is 80.1 Å². The van der Waals surface area contributed by atoms with Crippen molar-refractivity contribution >= 4 is 40.1 Å². The van der Waals surface area contributed by atoms with Gasteiger partial charge in [-0.05, 0) is 31.2 Å². The number of pyridine rings is 1. The van der Waals surface area contributed by atoms with Crippen LogP contribution in [0.3, 0.4) is 0 Å². The third kappa shape index (κ3) is 3.94. The van der Waals surface area contributed by atoms with E-state index in [0.717, 1.165) is 5.56 Å². The highest BCUT2D eigenvalue weighted by molar-refractivity contribution is 6.34. The van der Waals surface area contributed by atoms with E-state index in [9.17, 15) is 9.59 Å². The average molecular weight is 448 g/mol. The maximum atomic E-state index is 13.4. The van der Waals surface area contributed by atoms with Crippen LogP contribution in [-0.4, -0.2) is 45.6 Å². The monoisotopic (exact) mass is 447 g/mol. The van der Waals surface area contributed by atoms with Crippen LogP contribution >= 0.6 is 11.6 Å². The normalized spacial score (nSPS) is 10.9. The number of hydrogen-bond donors (Lipinski definition) is 1. The molecule has 0 bridgehead atoms. The highest BCUT2D eigenvalue weighted by Crippen LogP contribution is 2.29. The number of nitrogens with zero attached hydrogens (tertiary/aromatic N) is 4. The molecule has 0 atom stereocenters. The number of aromatic nitrogens is 3. The molecule has 2 heterocycles. The van der Waals surface area contributed by atoms with Crippen molar-refractivity contribution in [3.63, 3.8) is 0 Å². The SMILES string of the molecule is Cc1nn(C)c2nc(-c3ccccc3)cc(C(=O)Nc3cc(C(=O)N(C)C)ccc3Cl)c12. The number of carbonyl (C=O) groups is 2. The van der Waals surface area contributed by atoms with Crippen molar-refractivity contribution in [2.75, 3.05) is 19.4 Å². The van der Waals surface area contributed by atoms with Crippen LogP contribution in [0.15, 0.2) is 54.6 Å². The summed E-state index contributed by atoms with van der Waals surface area (Å²) in [5, 5.41) is 8.31. The molecule has 0 saturated carbocycles. The van der Waals surface area contributed by atoms with Crippen molar-refractivity contribution in [3.8, 4) is 11.3 Å². The van der Waals surface area contributed by atoms with Gasteiger partial charge in [0.1, 0.15) is 0 Å². The number of fused-ring (bicyclic) bond motifs is 1. The van der Waals surface area contributed by atoms with E-state index in [1.807, 2.05) is 37.3 Å². The lowest BCUT2D eigenvalue weighted by atomic mass is 10.0. The van der Waals surface area contributed by atoms with Gasteiger partial charge in [-0.2, -0.15) is 5.10 Å². The molecule has 0 aliphatic carbocycles. The summed E-state index contributed by atoms with van der Waals surface area (Å²) < 4.78 is 1.66. The number of rotatable bonds is 4. The van der Waals surface area contributed by atoms with E-state index in [2.05, 4.69) is 10.4 Å². The lowest BCUT2D eigenvalue weighted by Gasteiger charge is -2.14. The molecule has 0 spiro atoms. The summed E-state index contributed by atoms with van der Waals surface area (Å²) in [6, 6.07) is 16.2. The molecular weight excluding hydrogens is 426 g/mol. The maximum absolute atomic E-state index is 13.4. The van der Waals surface area contributed by atoms with E-state index in [4.69, 9.17) is 16.6 Å². The Labute approximate surface area is 190 Å². The fourth-order valence-corrected chi connectivity index (χ4v) is 3.75. The molecule has 0 unspecified atom stereocenters. The molecule has 2 aromatic heterocycles. The second-order valence-electron chi connectivity index (χ2n) is 7.68. The molecule has 162 valence electrons. The summed E-state index contributed by atoms with van der Waals surface area (Å²) in [6.45, 7) is 1.84. The minimum Gasteiger partial charge on any atom is -0.345 e. The molecule has 0 saturated heterocycles. The summed E-state index contributed by atoms with van der Waals surface area (Å²) >= 11 is 6.32. The third-order valence-electron chi connectivity index (χ3n) is 5.15. The molecule has 0 aliphatic rings. The summed E-state index contributed by atoms with van der Waals surface area (Å²) in [6.07, 6.45) is 0. The van der Waals surface area contributed by atoms with Crippen LogP contribution in [0.25, 0.3) is 22.3 Å². The van der Waals surface area contributed by atoms with Gasteiger partial charge in [0.25, 0.3) is 11.8 Å². The summed E-state index contributed by atoms with van der Waals surface area (Å²) in [5.74, 6) is -0.542. The number of anilines is 1. The molecule has 4 aromatic rings. The van der Waals surface area contributed by atoms with E-state index in [-0.39, 0.29) is 11.8 Å². The van der Waals surface area contributed by atoms with E-state index in [1.165, 1.54) is 4.90 Å². The zero-order valence-corrected chi connectivity index (χ0v) is 18.9. The van der Waals surface area contributed by atoms with Gasteiger partial charge in [0.2, 0.25) is 0 Å². The first kappa shape index (κ1) is 21.5. The van der Waals surface area contributed by atoms with E-state index >= 15 is 0 Å². The fraction of sp³-hybridized carbons (Fsp3) is 0.167. The molecule has 0 aliphatic heterocycles. The number of hydrogen-bond acceptors (Lipinski definition) is 4. The Morgan fingerprint density at radius 3 is 2.47 bits per heavy atom. The van der Waals surface area contributed by atoms with Gasteiger partial charge in [0, 0.05) is 32.3 Å². The van der Waals surface area contributed by atoms with Crippen LogP contribution in [0.1, 0.15) is 26.4 Å². The van der Waals surface area contributed by atoms with Crippen LogP contribution in [0, 0.1) is 6.92 Å². The molecule has 4 rings (SSSR count). The molecule has 0 radical (unpaired) electrons. The standard InChI is InChI=1S/C24H22ClN5O2/c1-14-21-17(13-19(15-8-6-5-7-9-15)26-22(21)30(4)28-14)23(31)27-20-12-16(10-11-18(20)25)24(32)29(2)3/h5-13H,1-4H3,(H,27,31). The first-order valence-electron chi connectivity index (χ1n) is 9.98. The van der Waals surface area contributed by atoms with E-state index < -0.39 is 0 Å². The highest BCUT2D eigenvalue weighted by atomic mass is 35.5. The Bertz CT molecular complexity index is 1350. The lowest BCUT2D eigenvalue weighted by Crippen LogP contribution is -2.22. The summed E-state index contributed by atoms with van der Waals surface area (Å²) in [4.78, 5) is 31.9. The minimum absolute atomic E-state index is 0.182. The van der Waals surface area contributed by atoms with Crippen LogP contribution in [0.5, 0.6) is 0 Å². The molecule has 0 fully saturated rings. The zero-order chi connectivity index (χ0) is 23.0. The summed E-state index contributed by atoms with van der Waals surface area (Å²) in [7, 11) is 5.13. The molecule has 32 heavy (non-hydrogen) atoms. The lowest BCUT2D eigenvalue weighted by molar-refractivity contribution is 0.0827. The first-order chi connectivity index (χ1) is 15.3. The quantitative estimate of drug-likeness (QED) is 0.497. The fourth-order valence-electron chi connectivity index (χ4n) is 3.58. The van der Waals surface area contributed by atoms with Crippen LogP contribution in [0.2, 0.25) is 5.02 Å². The van der Waals surface area contributed by atoms with E-state index in [1.54, 1.807) is 50.1 Å². The van der Waals surface area contributed by atoms with Crippen molar-refractivity contribution in [2.24, 2.45) is 7.05 Å². The largest absolute Gasteiger partial charge is 0.345 e. The van der Waals surface area contributed by atoms with Gasteiger partial charge in [-0.3, -0.25) is 14.3 Å². The number of aryl methyl sites for hydroxylation is 2. The zero-order valence-electron chi connectivity index (χ0n) is 18.2. The van der Waals surface area contributed by atoms with Crippen LogP contribution in [0.4, 0.5) is 5.69 Å². The number of benzene rings is 2. The van der Waals surface area contributed by atoms with Crippen LogP contribution < -0.4 is 5.32 Å². The molecule has 2 amide bonds. The second-order valence-corrected chi connectivity index (χ2v) is 8.08. The summed E-state index contributed by atoms with van der Waals surface area (Å²) in [5.41, 5.74) is 4.07. The van der Waals surface area contributed by atoms with Gasteiger partial charge in [-0.1, -0.05) is 41.9 Å². The average Bonchev–Trinajstić information content (AvgIpc) is 3.08. The van der Waals surface area contributed by atoms with Crippen LogP contribution in [-0.2, 0) is 7.05 Å². The smallest absolute Gasteiger partial charge is 0.256 e. The van der Waals surface area contributed by atoms with Gasteiger partial charge in [0.15, 0.2) is 5.65 Å². The second kappa shape index (κ2) is 8.43. The van der Waals surface area contributed by atoms with Gasteiger partial charge >= 0.3 is 0 Å². The van der Waals surface area contributed by atoms with Gasteiger partial charge in [-0.25, -0.2) is 4.98 Å². The minimum atomic E-state index is -0.359. The van der Waals surface area contributed by atoms with Gasteiger partial charge in [-0.15, -0.1) is 0 Å². The number of carbonyl (C=O) groups excluding carboxylic acids is 2. The molecular formula is C24H22ClN5O2. The third-order valence-corrected chi connectivity index (χ3v) is 5.48. The van der Waals surface area contributed by atoms with Gasteiger partial charge in [0.05, 0.1) is 33.0 Å². The Hall–Kier alpha value is -3.71.